The van der Waals surface area contributed by atoms with Gasteiger partial charge in [-0.2, -0.15) is 0 Å². The molecule has 3 nitrogen and oxygen atoms in total. The number of phenols is 1. The SMILES string of the molecule is Oc1c(F)cccc1CNc1cccc2ccncc12. The summed E-state index contributed by atoms with van der Waals surface area (Å²) in [7, 11) is 0. The van der Waals surface area contributed by atoms with E-state index in [4.69, 9.17) is 0 Å². The van der Waals surface area contributed by atoms with E-state index in [0.717, 1.165) is 16.5 Å². The fourth-order valence-corrected chi connectivity index (χ4v) is 2.16. The Kier molecular flexibility index (Phi) is 3.21. The van der Waals surface area contributed by atoms with Crippen LogP contribution in [-0.2, 0) is 6.54 Å². The molecule has 100 valence electrons. The Bertz CT molecular complexity index is 753. The standard InChI is InChI=1S/C16H13FN2O/c17-14-5-1-4-12(16(14)20)9-19-15-6-2-3-11-7-8-18-10-13(11)15/h1-8,10,19-20H,9H2. The van der Waals surface area contributed by atoms with Gasteiger partial charge < -0.3 is 10.4 Å². The maximum Gasteiger partial charge on any atom is 0.165 e. The van der Waals surface area contributed by atoms with Crippen LogP contribution in [0.1, 0.15) is 5.56 Å². The monoisotopic (exact) mass is 268 g/mol. The minimum Gasteiger partial charge on any atom is -0.505 e. The minimum absolute atomic E-state index is 0.307. The third-order valence-corrected chi connectivity index (χ3v) is 3.22. The molecule has 0 aliphatic heterocycles. The third kappa shape index (κ3) is 2.28. The van der Waals surface area contributed by atoms with Crippen molar-refractivity contribution in [2.24, 2.45) is 0 Å². The maximum atomic E-state index is 13.3. The molecule has 0 unspecified atom stereocenters. The Morgan fingerprint density at radius 2 is 1.95 bits per heavy atom. The van der Waals surface area contributed by atoms with E-state index < -0.39 is 5.82 Å². The van der Waals surface area contributed by atoms with E-state index in [9.17, 15) is 9.50 Å². The summed E-state index contributed by atoms with van der Waals surface area (Å²) < 4.78 is 13.3. The number of phenolic OH excluding ortho intramolecular Hbond substituents is 1. The van der Waals surface area contributed by atoms with E-state index in [1.807, 2.05) is 24.3 Å². The van der Waals surface area contributed by atoms with Crippen molar-refractivity contribution in [3.8, 4) is 5.75 Å². The van der Waals surface area contributed by atoms with Gasteiger partial charge in [-0.3, -0.25) is 4.98 Å². The lowest BCUT2D eigenvalue weighted by Crippen LogP contribution is -2.01. The molecule has 2 N–H and O–H groups in total. The van der Waals surface area contributed by atoms with Gasteiger partial charge in [0.05, 0.1) is 0 Å². The first-order valence-corrected chi connectivity index (χ1v) is 6.28. The highest BCUT2D eigenvalue weighted by molar-refractivity contribution is 5.93. The lowest BCUT2D eigenvalue weighted by Gasteiger charge is -2.10. The average Bonchev–Trinajstić information content (AvgIpc) is 2.49. The summed E-state index contributed by atoms with van der Waals surface area (Å²) in [4.78, 5) is 4.11. The van der Waals surface area contributed by atoms with E-state index in [1.165, 1.54) is 6.07 Å². The van der Waals surface area contributed by atoms with Gasteiger partial charge in [-0.15, -0.1) is 0 Å². The van der Waals surface area contributed by atoms with Crippen LogP contribution >= 0.6 is 0 Å². The van der Waals surface area contributed by atoms with Crippen LogP contribution in [0, 0.1) is 5.82 Å². The van der Waals surface area contributed by atoms with Crippen LogP contribution in [0.4, 0.5) is 10.1 Å². The zero-order valence-corrected chi connectivity index (χ0v) is 10.7. The van der Waals surface area contributed by atoms with Gasteiger partial charge in [0.15, 0.2) is 11.6 Å². The van der Waals surface area contributed by atoms with Crippen LogP contribution in [0.3, 0.4) is 0 Å². The molecular formula is C16H13FN2O. The van der Waals surface area contributed by atoms with E-state index in [2.05, 4.69) is 10.3 Å². The fraction of sp³-hybridized carbons (Fsp3) is 0.0625. The zero-order valence-electron chi connectivity index (χ0n) is 10.7. The van der Waals surface area contributed by atoms with Gasteiger partial charge in [-0.25, -0.2) is 4.39 Å². The molecule has 0 bridgehead atoms. The molecule has 2 aromatic carbocycles. The van der Waals surface area contributed by atoms with Crippen molar-refractivity contribution >= 4 is 16.5 Å². The summed E-state index contributed by atoms with van der Waals surface area (Å²) in [5.41, 5.74) is 1.42. The predicted octanol–water partition coefficient (Wildman–Crippen LogP) is 3.69. The van der Waals surface area contributed by atoms with Crippen LogP contribution in [0.2, 0.25) is 0 Å². The number of nitrogens with zero attached hydrogens (tertiary/aromatic N) is 1. The van der Waals surface area contributed by atoms with Gasteiger partial charge in [0, 0.05) is 35.6 Å². The van der Waals surface area contributed by atoms with Crippen molar-refractivity contribution in [2.75, 3.05) is 5.32 Å². The Labute approximate surface area is 115 Å². The average molecular weight is 268 g/mol. The van der Waals surface area contributed by atoms with Crippen molar-refractivity contribution < 1.29 is 9.50 Å². The highest BCUT2D eigenvalue weighted by atomic mass is 19.1. The normalized spacial score (nSPS) is 10.7. The lowest BCUT2D eigenvalue weighted by molar-refractivity contribution is 0.427. The molecule has 0 spiro atoms. The molecule has 0 saturated heterocycles. The fourth-order valence-electron chi connectivity index (χ4n) is 2.16. The first-order chi connectivity index (χ1) is 9.75. The van der Waals surface area contributed by atoms with Crippen LogP contribution < -0.4 is 5.32 Å². The molecule has 1 heterocycles. The minimum atomic E-state index is -0.608. The van der Waals surface area contributed by atoms with E-state index in [-0.39, 0.29) is 5.75 Å². The van der Waals surface area contributed by atoms with Crippen LogP contribution in [0.5, 0.6) is 5.75 Å². The summed E-state index contributed by atoms with van der Waals surface area (Å²) in [6.07, 6.45) is 3.52. The second-order valence-electron chi connectivity index (χ2n) is 4.50. The topological polar surface area (TPSA) is 45.1 Å². The molecular weight excluding hydrogens is 255 g/mol. The molecule has 0 aliphatic carbocycles. The number of rotatable bonds is 3. The second-order valence-corrected chi connectivity index (χ2v) is 4.50. The molecule has 3 aromatic rings. The van der Waals surface area contributed by atoms with E-state index in [1.54, 1.807) is 24.5 Å². The highest BCUT2D eigenvalue weighted by Crippen LogP contribution is 2.25. The lowest BCUT2D eigenvalue weighted by atomic mass is 10.1. The summed E-state index contributed by atoms with van der Waals surface area (Å²) in [5, 5.41) is 14.9. The summed E-state index contributed by atoms with van der Waals surface area (Å²) >= 11 is 0. The van der Waals surface area contributed by atoms with Gasteiger partial charge in [0.1, 0.15) is 0 Å². The van der Waals surface area contributed by atoms with Gasteiger partial charge in [0.25, 0.3) is 0 Å². The first kappa shape index (κ1) is 12.4. The number of benzene rings is 2. The smallest absolute Gasteiger partial charge is 0.165 e. The number of nitrogens with one attached hydrogen (secondary N) is 1. The quantitative estimate of drug-likeness (QED) is 0.761. The van der Waals surface area contributed by atoms with Gasteiger partial charge in [-0.1, -0.05) is 24.3 Å². The van der Waals surface area contributed by atoms with Gasteiger partial charge in [-0.05, 0) is 23.6 Å². The number of fused-ring (bicyclic) bond motifs is 1. The molecule has 3 rings (SSSR count). The molecule has 0 atom stereocenters. The van der Waals surface area contributed by atoms with Crippen molar-refractivity contribution in [3.63, 3.8) is 0 Å². The molecule has 20 heavy (non-hydrogen) atoms. The van der Waals surface area contributed by atoms with Crippen LogP contribution in [-0.4, -0.2) is 10.1 Å². The number of para-hydroxylation sites is 1. The number of hydrogen-bond acceptors (Lipinski definition) is 3. The number of hydrogen-bond donors (Lipinski definition) is 2. The number of aromatic nitrogens is 1. The Morgan fingerprint density at radius 3 is 2.85 bits per heavy atom. The van der Waals surface area contributed by atoms with Crippen molar-refractivity contribution in [3.05, 3.63) is 66.2 Å². The largest absolute Gasteiger partial charge is 0.505 e. The summed E-state index contributed by atoms with van der Waals surface area (Å²) in [5.74, 6) is -0.915. The number of anilines is 1. The maximum absolute atomic E-state index is 13.3. The molecule has 4 heteroatoms. The number of pyridine rings is 1. The Hall–Kier alpha value is -2.62. The van der Waals surface area contributed by atoms with E-state index >= 15 is 0 Å². The van der Waals surface area contributed by atoms with Crippen molar-refractivity contribution in [1.82, 2.24) is 4.98 Å². The zero-order chi connectivity index (χ0) is 13.9. The number of halogens is 1. The van der Waals surface area contributed by atoms with Crippen molar-refractivity contribution in [2.45, 2.75) is 6.54 Å². The first-order valence-electron chi connectivity index (χ1n) is 6.28. The molecule has 0 fully saturated rings. The van der Waals surface area contributed by atoms with E-state index in [0.29, 0.717) is 12.1 Å². The molecule has 0 aliphatic rings. The summed E-state index contributed by atoms with van der Waals surface area (Å²) in [6, 6.07) is 12.3. The second kappa shape index (κ2) is 5.17. The molecule has 0 amide bonds. The summed E-state index contributed by atoms with van der Waals surface area (Å²) in [6.45, 7) is 0.345. The third-order valence-electron chi connectivity index (χ3n) is 3.22. The van der Waals surface area contributed by atoms with Crippen molar-refractivity contribution in [1.29, 1.82) is 0 Å². The molecule has 1 aromatic heterocycles. The number of aromatic hydroxyl groups is 1. The van der Waals surface area contributed by atoms with Gasteiger partial charge in [0.2, 0.25) is 0 Å². The highest BCUT2D eigenvalue weighted by Gasteiger charge is 2.07. The van der Waals surface area contributed by atoms with Crippen LogP contribution in [0.15, 0.2) is 54.9 Å². The molecule has 0 radical (unpaired) electrons. The van der Waals surface area contributed by atoms with Crippen LogP contribution in [0.25, 0.3) is 10.8 Å². The Balaban J connectivity index is 1.89. The predicted molar refractivity (Wildman–Crippen MR) is 77.1 cm³/mol. The molecule has 0 saturated carbocycles. The Morgan fingerprint density at radius 1 is 1.10 bits per heavy atom. The van der Waals surface area contributed by atoms with Gasteiger partial charge >= 0.3 is 0 Å².